The van der Waals surface area contributed by atoms with E-state index in [9.17, 15) is 8.42 Å². The third-order valence-electron chi connectivity index (χ3n) is 3.94. The van der Waals surface area contributed by atoms with Crippen molar-refractivity contribution in [3.8, 4) is 0 Å². The molecule has 0 saturated carbocycles. The van der Waals surface area contributed by atoms with Crippen molar-refractivity contribution in [2.45, 2.75) is 25.8 Å². The first kappa shape index (κ1) is 16.7. The highest BCUT2D eigenvalue weighted by atomic mass is 35.5. The maximum atomic E-state index is 12.4. The molecule has 1 aliphatic heterocycles. The molecule has 2 rings (SSSR count). The summed E-state index contributed by atoms with van der Waals surface area (Å²) in [5.74, 6) is 0.428. The molecule has 0 aromatic heterocycles. The molecule has 1 aliphatic rings. The second-order valence-electron chi connectivity index (χ2n) is 5.44. The van der Waals surface area contributed by atoms with Gasteiger partial charge >= 0.3 is 0 Å². The Labute approximate surface area is 131 Å². The molecule has 1 aromatic rings. The molecule has 0 radical (unpaired) electrons. The lowest BCUT2D eigenvalue weighted by molar-refractivity contribution is 0.274. The predicted octanol–water partition coefficient (Wildman–Crippen LogP) is 1.91. The van der Waals surface area contributed by atoms with Gasteiger partial charge in [0.1, 0.15) is 0 Å². The average Bonchev–Trinajstić information content (AvgIpc) is 2.47. The van der Waals surface area contributed by atoms with Gasteiger partial charge < -0.3 is 5.73 Å². The maximum absolute atomic E-state index is 12.4. The minimum atomic E-state index is -3.50. The number of hydrogen-bond donors (Lipinski definition) is 2. The predicted molar refractivity (Wildman–Crippen MR) is 85.3 cm³/mol. The van der Waals surface area contributed by atoms with Crippen LogP contribution in [0.3, 0.4) is 0 Å². The summed E-state index contributed by atoms with van der Waals surface area (Å²) in [5.41, 5.74) is 6.41. The second-order valence-corrected chi connectivity index (χ2v) is 7.55. The van der Waals surface area contributed by atoms with Crippen LogP contribution in [-0.4, -0.2) is 32.4 Å². The van der Waals surface area contributed by atoms with Crippen LogP contribution in [0.1, 0.15) is 31.4 Å². The minimum absolute atomic E-state index is 0.365. The summed E-state index contributed by atoms with van der Waals surface area (Å²) < 4.78 is 29.0. The van der Waals surface area contributed by atoms with E-state index in [-0.39, 0.29) is 6.04 Å². The van der Waals surface area contributed by atoms with Crippen molar-refractivity contribution in [1.29, 1.82) is 0 Å². The molecule has 3 N–H and O–H groups in total. The van der Waals surface area contributed by atoms with Crippen molar-refractivity contribution in [1.82, 2.24) is 9.03 Å². The van der Waals surface area contributed by atoms with Gasteiger partial charge in [-0.3, -0.25) is 0 Å². The summed E-state index contributed by atoms with van der Waals surface area (Å²) in [6, 6.07) is 6.89. The van der Waals surface area contributed by atoms with Crippen LogP contribution in [-0.2, 0) is 10.2 Å². The molecule has 0 bridgehead atoms. The lowest BCUT2D eigenvalue weighted by atomic mass is 9.99. The van der Waals surface area contributed by atoms with Gasteiger partial charge in [0.25, 0.3) is 10.2 Å². The van der Waals surface area contributed by atoms with Gasteiger partial charge in [-0.2, -0.15) is 17.4 Å². The summed E-state index contributed by atoms with van der Waals surface area (Å²) in [4.78, 5) is 0. The number of halogens is 1. The third kappa shape index (κ3) is 4.17. The Morgan fingerprint density at radius 1 is 1.38 bits per heavy atom. The number of nitrogens with zero attached hydrogens (tertiary/aromatic N) is 1. The number of hydrogen-bond acceptors (Lipinski definition) is 3. The number of rotatable bonds is 5. The Morgan fingerprint density at radius 3 is 2.57 bits per heavy atom. The first-order chi connectivity index (χ1) is 9.94. The van der Waals surface area contributed by atoms with E-state index in [2.05, 4.69) is 4.72 Å². The Balaban J connectivity index is 2.03. The Hall–Kier alpha value is -0.660. The van der Waals surface area contributed by atoms with E-state index in [0.29, 0.717) is 30.6 Å². The Bertz CT molecular complexity index is 571. The van der Waals surface area contributed by atoms with Gasteiger partial charge in [-0.05, 0) is 43.9 Å². The van der Waals surface area contributed by atoms with Crippen LogP contribution in [0.2, 0.25) is 5.02 Å². The van der Waals surface area contributed by atoms with E-state index in [0.717, 1.165) is 18.4 Å². The summed E-state index contributed by atoms with van der Waals surface area (Å²) >= 11 is 6.11. The van der Waals surface area contributed by atoms with Gasteiger partial charge in [0.15, 0.2) is 0 Å². The topological polar surface area (TPSA) is 75.4 Å². The highest BCUT2D eigenvalue weighted by molar-refractivity contribution is 7.87. The van der Waals surface area contributed by atoms with E-state index < -0.39 is 10.2 Å². The molecule has 0 aliphatic carbocycles. The fourth-order valence-corrected chi connectivity index (χ4v) is 4.29. The number of nitrogens with one attached hydrogen (secondary N) is 1. The molecule has 1 aromatic carbocycles. The molecule has 1 fully saturated rings. The standard InChI is InChI=1S/C14H22ClN3O2S/c1-11(13-4-2-3-5-14(13)15)17-21(19,20)18-8-6-12(10-16)7-9-18/h2-5,11-12,17H,6-10,16H2,1H3. The van der Waals surface area contributed by atoms with Crippen LogP contribution in [0, 0.1) is 5.92 Å². The zero-order valence-corrected chi connectivity index (χ0v) is 13.7. The van der Waals surface area contributed by atoms with E-state index in [4.69, 9.17) is 17.3 Å². The zero-order valence-electron chi connectivity index (χ0n) is 12.1. The van der Waals surface area contributed by atoms with E-state index in [1.54, 1.807) is 13.0 Å². The van der Waals surface area contributed by atoms with Gasteiger partial charge in [0, 0.05) is 24.2 Å². The number of piperidine rings is 1. The van der Waals surface area contributed by atoms with Gasteiger partial charge in [-0.25, -0.2) is 0 Å². The van der Waals surface area contributed by atoms with Crippen molar-refractivity contribution in [2.24, 2.45) is 11.7 Å². The monoisotopic (exact) mass is 331 g/mol. The smallest absolute Gasteiger partial charge is 0.279 e. The molecule has 21 heavy (non-hydrogen) atoms. The van der Waals surface area contributed by atoms with E-state index in [1.807, 2.05) is 18.2 Å². The maximum Gasteiger partial charge on any atom is 0.279 e. The Kier molecular flexibility index (Phi) is 5.62. The van der Waals surface area contributed by atoms with Crippen molar-refractivity contribution in [3.05, 3.63) is 34.9 Å². The van der Waals surface area contributed by atoms with Gasteiger partial charge in [0.2, 0.25) is 0 Å². The first-order valence-corrected chi connectivity index (χ1v) is 8.97. The Morgan fingerprint density at radius 2 is 2.00 bits per heavy atom. The molecule has 118 valence electrons. The summed E-state index contributed by atoms with van der Waals surface area (Å²) in [6.07, 6.45) is 1.63. The lowest BCUT2D eigenvalue weighted by Gasteiger charge is -2.31. The number of nitrogens with two attached hydrogens (primary N) is 1. The highest BCUT2D eigenvalue weighted by Crippen LogP contribution is 2.24. The fourth-order valence-electron chi connectivity index (χ4n) is 2.57. The zero-order chi connectivity index (χ0) is 15.5. The quantitative estimate of drug-likeness (QED) is 0.865. The van der Waals surface area contributed by atoms with Gasteiger partial charge in [-0.15, -0.1) is 0 Å². The third-order valence-corrected chi connectivity index (χ3v) is 5.98. The second kappa shape index (κ2) is 7.07. The fraction of sp³-hybridized carbons (Fsp3) is 0.571. The van der Waals surface area contributed by atoms with Crippen LogP contribution in [0.15, 0.2) is 24.3 Å². The van der Waals surface area contributed by atoms with Crippen LogP contribution >= 0.6 is 11.6 Å². The van der Waals surface area contributed by atoms with Crippen LogP contribution in [0.25, 0.3) is 0 Å². The molecule has 5 nitrogen and oxygen atoms in total. The molecular weight excluding hydrogens is 310 g/mol. The van der Waals surface area contributed by atoms with Crippen LogP contribution < -0.4 is 10.5 Å². The minimum Gasteiger partial charge on any atom is -0.330 e. The summed E-state index contributed by atoms with van der Waals surface area (Å²) in [7, 11) is -3.50. The molecule has 1 heterocycles. The SMILES string of the molecule is CC(NS(=O)(=O)N1CCC(CN)CC1)c1ccccc1Cl. The van der Waals surface area contributed by atoms with Crippen LogP contribution in [0.4, 0.5) is 0 Å². The van der Waals surface area contributed by atoms with E-state index in [1.165, 1.54) is 4.31 Å². The lowest BCUT2D eigenvalue weighted by Crippen LogP contribution is -2.46. The summed E-state index contributed by atoms with van der Waals surface area (Å²) in [6.45, 7) is 3.46. The van der Waals surface area contributed by atoms with Crippen molar-refractivity contribution in [2.75, 3.05) is 19.6 Å². The average molecular weight is 332 g/mol. The largest absolute Gasteiger partial charge is 0.330 e. The van der Waals surface area contributed by atoms with E-state index >= 15 is 0 Å². The molecule has 1 unspecified atom stereocenters. The molecule has 1 atom stereocenters. The van der Waals surface area contributed by atoms with Crippen LogP contribution in [0.5, 0.6) is 0 Å². The molecule has 7 heteroatoms. The molecule has 1 saturated heterocycles. The summed E-state index contributed by atoms with van der Waals surface area (Å²) in [5, 5.41) is 0.564. The molecule has 0 amide bonds. The highest BCUT2D eigenvalue weighted by Gasteiger charge is 2.29. The number of benzene rings is 1. The molecular formula is C14H22ClN3O2S. The first-order valence-electron chi connectivity index (χ1n) is 7.16. The van der Waals surface area contributed by atoms with Gasteiger partial charge in [-0.1, -0.05) is 29.8 Å². The normalized spacial score (nSPS) is 19.6. The molecule has 0 spiro atoms. The van der Waals surface area contributed by atoms with Crippen molar-refractivity contribution >= 4 is 21.8 Å². The van der Waals surface area contributed by atoms with Crippen molar-refractivity contribution in [3.63, 3.8) is 0 Å². The van der Waals surface area contributed by atoms with Crippen molar-refractivity contribution < 1.29 is 8.42 Å². The van der Waals surface area contributed by atoms with Gasteiger partial charge in [0.05, 0.1) is 0 Å².